The fourth-order valence-corrected chi connectivity index (χ4v) is 4.46. The van der Waals surface area contributed by atoms with E-state index >= 15 is 0 Å². The number of halogens is 1. The van der Waals surface area contributed by atoms with Crippen molar-refractivity contribution in [3.8, 4) is 11.1 Å². The molecule has 0 radical (unpaired) electrons. The van der Waals surface area contributed by atoms with Gasteiger partial charge < -0.3 is 10.5 Å². The van der Waals surface area contributed by atoms with Gasteiger partial charge in [0.05, 0.1) is 11.3 Å². The van der Waals surface area contributed by atoms with Gasteiger partial charge in [0.2, 0.25) is 5.24 Å². The highest BCUT2D eigenvalue weighted by Gasteiger charge is 2.25. The summed E-state index contributed by atoms with van der Waals surface area (Å²) in [6.07, 6.45) is 7.60. The van der Waals surface area contributed by atoms with Crippen molar-refractivity contribution in [2.24, 2.45) is 17.6 Å². The van der Waals surface area contributed by atoms with Crippen molar-refractivity contribution in [3.05, 3.63) is 76.1 Å². The van der Waals surface area contributed by atoms with Crippen LogP contribution in [0.4, 0.5) is 0 Å². The molecule has 0 saturated carbocycles. The summed E-state index contributed by atoms with van der Waals surface area (Å²) in [4.78, 5) is 29.3. The minimum atomic E-state index is -0.418. The van der Waals surface area contributed by atoms with Gasteiger partial charge in [0.1, 0.15) is 6.61 Å². The van der Waals surface area contributed by atoms with Crippen LogP contribution in [0.25, 0.3) is 11.1 Å². The van der Waals surface area contributed by atoms with Gasteiger partial charge in [-0.1, -0.05) is 61.9 Å². The second-order valence-corrected chi connectivity index (χ2v) is 9.73. The third-order valence-electron chi connectivity index (χ3n) is 5.97. The fourth-order valence-electron chi connectivity index (χ4n) is 4.26. The topological polar surface area (TPSA) is 82.3 Å². The Kier molecular flexibility index (Phi) is 8.81. The van der Waals surface area contributed by atoms with Crippen LogP contribution in [-0.4, -0.2) is 22.8 Å². The molecule has 180 valence electrons. The maximum absolute atomic E-state index is 13.4. The molecule has 3 rings (SSSR count). The van der Waals surface area contributed by atoms with Crippen LogP contribution in [0.1, 0.15) is 59.6 Å². The Hall–Kier alpha value is -2.76. The first-order valence-electron chi connectivity index (χ1n) is 11.7. The molecule has 1 atom stereocenters. The van der Waals surface area contributed by atoms with E-state index in [9.17, 15) is 9.59 Å². The lowest BCUT2D eigenvalue weighted by Crippen LogP contribution is -2.18. The number of carbonyl (C=O) groups is 2. The smallest absolute Gasteiger partial charge is 0.340 e. The third kappa shape index (κ3) is 6.43. The highest BCUT2D eigenvalue weighted by molar-refractivity contribution is 6.63. The summed E-state index contributed by atoms with van der Waals surface area (Å²) in [6, 6.07) is 8.10. The van der Waals surface area contributed by atoms with E-state index in [0.717, 1.165) is 39.9 Å². The molecule has 34 heavy (non-hydrogen) atoms. The lowest BCUT2D eigenvalue weighted by Gasteiger charge is -2.21. The van der Waals surface area contributed by atoms with Gasteiger partial charge in [-0.25, -0.2) is 4.79 Å². The van der Waals surface area contributed by atoms with E-state index in [2.05, 4.69) is 13.8 Å². The molecular weight excluding hydrogens is 448 g/mol. The first-order chi connectivity index (χ1) is 16.2. The van der Waals surface area contributed by atoms with Gasteiger partial charge in [0, 0.05) is 24.2 Å². The summed E-state index contributed by atoms with van der Waals surface area (Å²) >= 11 is 5.49. The molecule has 0 saturated heterocycles. The summed E-state index contributed by atoms with van der Waals surface area (Å²) in [6.45, 7) is 8.60. The summed E-state index contributed by atoms with van der Waals surface area (Å²) in [5.41, 5.74) is 12.9. The van der Waals surface area contributed by atoms with Gasteiger partial charge in [-0.2, -0.15) is 0 Å². The number of pyridine rings is 1. The largest absolute Gasteiger partial charge is 0.457 e. The first kappa shape index (κ1) is 25.9. The molecule has 0 aliphatic heterocycles. The van der Waals surface area contributed by atoms with Gasteiger partial charge >= 0.3 is 5.97 Å². The minimum Gasteiger partial charge on any atom is -0.457 e. The molecule has 1 unspecified atom stereocenters. The zero-order valence-corrected chi connectivity index (χ0v) is 21.1. The van der Waals surface area contributed by atoms with Crippen LogP contribution < -0.4 is 5.73 Å². The fraction of sp³-hybridized carbons (Fsp3) is 0.393. The molecule has 0 fully saturated rings. The number of aryl methyl sites for hydroxylation is 2. The second kappa shape index (κ2) is 11.6. The van der Waals surface area contributed by atoms with Crippen LogP contribution in [-0.2, 0) is 22.5 Å². The normalized spacial score (nSPS) is 15.4. The number of benzene rings is 1. The molecule has 6 heteroatoms. The van der Waals surface area contributed by atoms with Gasteiger partial charge in [-0.05, 0) is 66.8 Å². The van der Waals surface area contributed by atoms with Crippen molar-refractivity contribution in [1.29, 1.82) is 0 Å². The molecule has 2 N–H and O–H groups in total. The quantitative estimate of drug-likeness (QED) is 0.360. The molecule has 1 aliphatic carbocycles. The lowest BCUT2D eigenvalue weighted by molar-refractivity contribution is -0.112. The lowest BCUT2D eigenvalue weighted by atomic mass is 9.89. The number of hydrogen-bond donors (Lipinski definition) is 1. The SMILES string of the molecule is Cc1ccc(-c2c(CN)c(CC(C)C)nc(C)c2C(=O)OCC2=CCC(CC(=O)Cl)C=C2)cc1. The summed E-state index contributed by atoms with van der Waals surface area (Å²) in [7, 11) is 0. The number of esters is 1. The molecule has 2 aromatic rings. The Morgan fingerprint density at radius 2 is 1.91 bits per heavy atom. The Morgan fingerprint density at radius 1 is 1.21 bits per heavy atom. The van der Waals surface area contributed by atoms with E-state index in [1.807, 2.05) is 56.3 Å². The summed E-state index contributed by atoms with van der Waals surface area (Å²) in [5, 5.41) is -0.346. The number of carbonyl (C=O) groups excluding carboxylic acids is 2. The van der Waals surface area contributed by atoms with Gasteiger partial charge in [0.15, 0.2) is 0 Å². The van der Waals surface area contributed by atoms with Crippen LogP contribution in [0.15, 0.2) is 48.1 Å². The second-order valence-electron chi connectivity index (χ2n) is 9.31. The highest BCUT2D eigenvalue weighted by atomic mass is 35.5. The predicted molar refractivity (Wildman–Crippen MR) is 137 cm³/mol. The number of nitrogens with zero attached hydrogens (tertiary/aromatic N) is 1. The zero-order chi connectivity index (χ0) is 24.8. The summed E-state index contributed by atoms with van der Waals surface area (Å²) in [5.74, 6) is 0.0761. The molecule has 0 amide bonds. The minimum absolute atomic E-state index is 0.0876. The molecule has 1 heterocycles. The molecule has 0 bridgehead atoms. The monoisotopic (exact) mass is 480 g/mol. The van der Waals surface area contributed by atoms with Crippen LogP contribution in [0.3, 0.4) is 0 Å². The van der Waals surface area contributed by atoms with E-state index < -0.39 is 5.97 Å². The number of aromatic nitrogens is 1. The Balaban J connectivity index is 1.93. The third-order valence-corrected chi connectivity index (χ3v) is 6.13. The first-order valence-corrected chi connectivity index (χ1v) is 12.1. The van der Waals surface area contributed by atoms with Crippen LogP contribution in [0, 0.1) is 25.7 Å². The zero-order valence-electron chi connectivity index (χ0n) is 20.4. The van der Waals surface area contributed by atoms with Crippen LogP contribution in [0.2, 0.25) is 0 Å². The number of rotatable bonds is 9. The highest BCUT2D eigenvalue weighted by Crippen LogP contribution is 2.33. The van der Waals surface area contributed by atoms with Crippen molar-refractivity contribution in [2.75, 3.05) is 6.61 Å². The van der Waals surface area contributed by atoms with Crippen molar-refractivity contribution in [1.82, 2.24) is 4.98 Å². The molecule has 1 aromatic heterocycles. The predicted octanol–water partition coefficient (Wildman–Crippen LogP) is 5.84. The van der Waals surface area contributed by atoms with E-state index in [0.29, 0.717) is 30.0 Å². The van der Waals surface area contributed by atoms with Crippen molar-refractivity contribution in [3.63, 3.8) is 0 Å². The van der Waals surface area contributed by atoms with Crippen LogP contribution in [0.5, 0.6) is 0 Å². The molecule has 1 aliphatic rings. The van der Waals surface area contributed by atoms with Crippen molar-refractivity contribution < 1.29 is 14.3 Å². The average molecular weight is 481 g/mol. The standard InChI is InChI=1S/C28H33ClN2O3/c1-17(2)13-24-23(15-30)27(22-11-5-18(3)6-12-22)26(19(4)31-24)28(33)34-16-21-9-7-20(8-10-21)14-25(29)32/h5-7,9-12,17,20H,8,13-16,30H2,1-4H3. The van der Waals surface area contributed by atoms with E-state index in [-0.39, 0.29) is 24.3 Å². The maximum Gasteiger partial charge on any atom is 0.340 e. The van der Waals surface area contributed by atoms with Crippen molar-refractivity contribution in [2.45, 2.75) is 53.5 Å². The number of ether oxygens (including phenoxy) is 1. The average Bonchev–Trinajstić information content (AvgIpc) is 2.78. The Bertz CT molecular complexity index is 1120. The van der Waals surface area contributed by atoms with Crippen LogP contribution >= 0.6 is 11.6 Å². The molecule has 0 spiro atoms. The van der Waals surface area contributed by atoms with E-state index in [1.165, 1.54) is 0 Å². The number of allylic oxidation sites excluding steroid dienone is 2. The van der Waals surface area contributed by atoms with E-state index in [1.54, 1.807) is 0 Å². The Labute approximate surface area is 207 Å². The number of hydrogen-bond acceptors (Lipinski definition) is 5. The van der Waals surface area contributed by atoms with Gasteiger partial charge in [-0.15, -0.1) is 0 Å². The van der Waals surface area contributed by atoms with E-state index in [4.69, 9.17) is 27.1 Å². The van der Waals surface area contributed by atoms with Gasteiger partial charge in [0.25, 0.3) is 0 Å². The Morgan fingerprint density at radius 3 is 2.47 bits per heavy atom. The number of nitrogens with two attached hydrogens (primary N) is 1. The molecule has 1 aromatic carbocycles. The molecular formula is C28H33ClN2O3. The van der Waals surface area contributed by atoms with Gasteiger partial charge in [-0.3, -0.25) is 9.78 Å². The van der Waals surface area contributed by atoms with Crippen molar-refractivity contribution >= 4 is 22.8 Å². The molecule has 5 nitrogen and oxygen atoms in total. The summed E-state index contributed by atoms with van der Waals surface area (Å²) < 4.78 is 5.74. The maximum atomic E-state index is 13.4.